The van der Waals surface area contributed by atoms with Gasteiger partial charge in [-0.3, -0.25) is 9.69 Å². The average molecular weight is 710 g/mol. The van der Waals surface area contributed by atoms with Crippen molar-refractivity contribution >= 4 is 29.2 Å². The highest BCUT2D eigenvalue weighted by Crippen LogP contribution is 2.43. The fourth-order valence-corrected chi connectivity index (χ4v) is 7.86. The maximum absolute atomic E-state index is 13.5. The summed E-state index contributed by atoms with van der Waals surface area (Å²) in [5.41, 5.74) is 1.19. The quantitative estimate of drug-likeness (QED) is 0.329. The highest BCUT2D eigenvalue weighted by molar-refractivity contribution is 6.30. The second kappa shape index (κ2) is 16.5. The lowest BCUT2D eigenvalue weighted by molar-refractivity contribution is -0.168. The first-order chi connectivity index (χ1) is 24.2. The first kappa shape index (κ1) is 36.6. The molecule has 2 aromatic rings. The average Bonchev–Trinajstić information content (AvgIpc) is 3.11. The van der Waals surface area contributed by atoms with Crippen molar-refractivity contribution in [2.45, 2.75) is 69.4 Å². The van der Waals surface area contributed by atoms with Gasteiger partial charge < -0.3 is 33.9 Å². The molecule has 1 aliphatic carbocycles. The van der Waals surface area contributed by atoms with Crippen LogP contribution in [0.15, 0.2) is 48.6 Å². The van der Waals surface area contributed by atoms with Gasteiger partial charge in [-0.15, -0.1) is 0 Å². The van der Waals surface area contributed by atoms with Crippen LogP contribution in [-0.4, -0.2) is 106 Å². The molecule has 2 aromatic carbocycles. The molecular weight excluding hydrogens is 658 g/mol. The van der Waals surface area contributed by atoms with Crippen molar-refractivity contribution in [2.75, 3.05) is 72.0 Å². The molecule has 0 spiro atoms. The smallest absolute Gasteiger partial charge is 0.343 e. The molecule has 4 aliphatic rings. The highest BCUT2D eigenvalue weighted by Gasteiger charge is 2.44. The molecule has 50 heavy (non-hydrogen) atoms. The van der Waals surface area contributed by atoms with Crippen molar-refractivity contribution in [3.8, 4) is 5.75 Å². The topological polar surface area (TPSA) is 101 Å². The van der Waals surface area contributed by atoms with E-state index in [1.165, 1.54) is 12.7 Å². The van der Waals surface area contributed by atoms with Gasteiger partial charge in [0.05, 0.1) is 38.0 Å². The van der Waals surface area contributed by atoms with Gasteiger partial charge in [0.25, 0.3) is 0 Å². The number of amides is 1. The van der Waals surface area contributed by atoms with E-state index < -0.39 is 18.0 Å². The van der Waals surface area contributed by atoms with Gasteiger partial charge in [-0.05, 0) is 91.3 Å². The van der Waals surface area contributed by atoms with Crippen molar-refractivity contribution in [3.63, 3.8) is 0 Å². The Morgan fingerprint density at radius 2 is 1.90 bits per heavy atom. The first-order valence-corrected chi connectivity index (χ1v) is 18.4. The summed E-state index contributed by atoms with van der Waals surface area (Å²) in [5, 5.41) is 12.7. The number of benzene rings is 2. The van der Waals surface area contributed by atoms with Gasteiger partial charge in [0.15, 0.2) is 5.60 Å². The van der Waals surface area contributed by atoms with E-state index in [4.69, 9.17) is 30.5 Å². The molecule has 2 fully saturated rings. The number of hydrogen-bond acceptors (Lipinski definition) is 9. The summed E-state index contributed by atoms with van der Waals surface area (Å²) in [7, 11) is 4.70. The van der Waals surface area contributed by atoms with Crippen molar-refractivity contribution in [3.05, 3.63) is 70.3 Å². The minimum Gasteiger partial charge on any atom is -0.487 e. The van der Waals surface area contributed by atoms with Crippen LogP contribution in [0.3, 0.4) is 0 Å². The van der Waals surface area contributed by atoms with Crippen LogP contribution in [0.5, 0.6) is 5.75 Å². The van der Waals surface area contributed by atoms with Gasteiger partial charge in [-0.1, -0.05) is 35.9 Å². The molecule has 272 valence electrons. The van der Waals surface area contributed by atoms with E-state index in [1.54, 1.807) is 25.1 Å². The predicted octanol–water partition coefficient (Wildman–Crippen LogP) is 4.97. The van der Waals surface area contributed by atoms with Crippen LogP contribution < -0.4 is 9.64 Å². The Labute approximate surface area is 301 Å². The summed E-state index contributed by atoms with van der Waals surface area (Å²) < 4.78 is 23.7. The van der Waals surface area contributed by atoms with Gasteiger partial charge in [-0.25, -0.2) is 4.79 Å². The van der Waals surface area contributed by atoms with E-state index in [0.29, 0.717) is 60.5 Å². The number of anilines is 1. The SMILES string of the molecule is COC(=O)[C@@]1(O)CC(=O)N(C)CC/C=C/[C@H](OCCN2CC(OC)C2)[C@@H]2CC[C@H]2CN2CCCCc3cc(Cl)ccc3COc3ccc1cc32. The third-order valence-corrected chi connectivity index (χ3v) is 11.3. The fourth-order valence-electron chi connectivity index (χ4n) is 7.66. The highest BCUT2D eigenvalue weighted by atomic mass is 35.5. The monoisotopic (exact) mass is 709 g/mol. The van der Waals surface area contributed by atoms with Crippen LogP contribution in [0.25, 0.3) is 0 Å². The molecule has 0 unspecified atom stereocenters. The van der Waals surface area contributed by atoms with Gasteiger partial charge in [0, 0.05) is 58.4 Å². The standard InChI is InChI=1S/C39H52ClN3O7/c1-41-16-6-5-9-35(49-19-18-42-24-32(25-42)47-2)33-14-11-28(33)23-43-17-7-4-8-27-20-31(40)13-10-29(27)26-50-36-15-12-30(21-34(36)43)39(46,22-37(41)44)38(45)48-3/h5,9-10,12-13,15,20-21,28,32-33,35,46H,4,6-8,11,14,16-19,22-26H2,1-3H3/b9-5+/t28-,33+,35-,39+/m0/s1. The first-order valence-electron chi connectivity index (χ1n) is 18.1. The number of fused-ring (bicyclic) bond motifs is 3. The second-order valence-corrected chi connectivity index (χ2v) is 14.7. The number of carbonyl (C=O) groups excluding carboxylic acids is 2. The summed E-state index contributed by atoms with van der Waals surface area (Å²) >= 11 is 6.39. The number of likely N-dealkylation sites (tertiary alicyclic amines) is 1. The van der Waals surface area contributed by atoms with E-state index in [9.17, 15) is 14.7 Å². The van der Waals surface area contributed by atoms with Crippen LogP contribution in [0.1, 0.15) is 55.2 Å². The molecule has 1 saturated carbocycles. The van der Waals surface area contributed by atoms with Crippen molar-refractivity contribution in [1.29, 1.82) is 0 Å². The molecule has 11 heteroatoms. The zero-order valence-corrected chi connectivity index (χ0v) is 30.4. The Balaban J connectivity index is 1.33. The van der Waals surface area contributed by atoms with E-state index in [2.05, 4.69) is 22.0 Å². The Morgan fingerprint density at radius 3 is 2.66 bits per heavy atom. The molecular formula is C39H52ClN3O7. The zero-order valence-electron chi connectivity index (χ0n) is 29.7. The number of halogens is 1. The lowest BCUT2D eigenvalue weighted by atomic mass is 9.70. The molecule has 0 aromatic heterocycles. The van der Waals surface area contributed by atoms with E-state index in [1.807, 2.05) is 30.3 Å². The lowest BCUT2D eigenvalue weighted by Gasteiger charge is -2.44. The number of carbonyl (C=O) groups is 2. The molecule has 10 nitrogen and oxygen atoms in total. The van der Waals surface area contributed by atoms with Gasteiger partial charge in [0.1, 0.15) is 12.4 Å². The van der Waals surface area contributed by atoms with Crippen LogP contribution in [0.2, 0.25) is 5.02 Å². The number of methoxy groups -OCH3 is 2. The maximum atomic E-state index is 13.5. The van der Waals surface area contributed by atoms with Crippen LogP contribution in [0, 0.1) is 11.8 Å². The van der Waals surface area contributed by atoms with Gasteiger partial charge >= 0.3 is 5.97 Å². The molecule has 1 amide bonds. The molecule has 1 N–H and O–H groups in total. The van der Waals surface area contributed by atoms with Crippen LogP contribution >= 0.6 is 11.6 Å². The second-order valence-electron chi connectivity index (χ2n) is 14.3. The lowest BCUT2D eigenvalue weighted by Crippen LogP contribution is -2.53. The molecule has 1 saturated heterocycles. The number of esters is 1. The van der Waals surface area contributed by atoms with Gasteiger partial charge in [0.2, 0.25) is 5.91 Å². The molecule has 0 radical (unpaired) electrons. The largest absolute Gasteiger partial charge is 0.487 e. The van der Waals surface area contributed by atoms with Crippen molar-refractivity contribution in [2.24, 2.45) is 11.8 Å². The van der Waals surface area contributed by atoms with E-state index in [0.717, 1.165) is 76.1 Å². The molecule has 6 rings (SSSR count). The number of hydrogen-bond donors (Lipinski definition) is 1. The Hall–Kier alpha value is -3.15. The van der Waals surface area contributed by atoms with Crippen LogP contribution in [0.4, 0.5) is 5.69 Å². The number of nitrogens with zero attached hydrogens (tertiary/aromatic N) is 3. The molecule has 3 aliphatic heterocycles. The van der Waals surface area contributed by atoms with Gasteiger partial charge in [-0.2, -0.15) is 0 Å². The maximum Gasteiger partial charge on any atom is 0.343 e. The van der Waals surface area contributed by atoms with E-state index >= 15 is 0 Å². The summed E-state index contributed by atoms with van der Waals surface area (Å²) in [6, 6.07) is 11.3. The number of aliphatic hydroxyl groups is 1. The van der Waals surface area contributed by atoms with E-state index in [-0.39, 0.29) is 12.0 Å². The molecule has 2 bridgehead atoms. The summed E-state index contributed by atoms with van der Waals surface area (Å²) in [4.78, 5) is 33.0. The zero-order chi connectivity index (χ0) is 35.3. The third-order valence-electron chi connectivity index (χ3n) is 11.1. The number of rotatable bonds is 6. The minimum absolute atomic E-state index is 0.0307. The Morgan fingerprint density at radius 1 is 1.06 bits per heavy atom. The summed E-state index contributed by atoms with van der Waals surface area (Å²) in [5.74, 6) is 0.145. The summed E-state index contributed by atoms with van der Waals surface area (Å²) in [6.45, 7) is 5.72. The normalized spacial score (nSPS) is 27.5. The molecule has 4 atom stereocenters. The van der Waals surface area contributed by atoms with Crippen molar-refractivity contribution in [1.82, 2.24) is 9.80 Å². The number of ether oxygens (including phenoxy) is 4. The minimum atomic E-state index is -2.17. The van der Waals surface area contributed by atoms with Crippen LogP contribution in [-0.2, 0) is 42.4 Å². The Bertz CT molecular complexity index is 1530. The summed E-state index contributed by atoms with van der Waals surface area (Å²) in [6.07, 6.45) is 9.71. The number of aryl methyl sites for hydroxylation is 1. The predicted molar refractivity (Wildman–Crippen MR) is 192 cm³/mol. The Kier molecular flexibility index (Phi) is 12.1. The van der Waals surface area contributed by atoms with Crippen molar-refractivity contribution < 1.29 is 33.6 Å². The third kappa shape index (κ3) is 8.31. The fraction of sp³-hybridized carbons (Fsp3) is 0.590. The molecule has 3 heterocycles.